The molecule has 0 aliphatic rings. The number of aromatic nitrogens is 2. The first-order valence-corrected chi connectivity index (χ1v) is 7.71. The average Bonchev–Trinajstić information content (AvgIpc) is 2.97. The van der Waals surface area contributed by atoms with Crippen LogP contribution in [0, 0.1) is 0 Å². The molecule has 0 N–H and O–H groups in total. The molecule has 23 heavy (non-hydrogen) atoms. The first-order chi connectivity index (χ1) is 11.2. The Kier molecular flexibility index (Phi) is 3.20. The normalized spacial score (nSPS) is 11.2. The zero-order valence-corrected chi connectivity index (χ0v) is 13.7. The molecule has 2 aromatic heterocycles. The summed E-state index contributed by atoms with van der Waals surface area (Å²) >= 11 is 3.43. The molecular weight excluding hydrogens is 360 g/mol. The average molecular weight is 371 g/mol. The highest BCUT2D eigenvalue weighted by molar-refractivity contribution is 9.10. The molecule has 0 bridgehead atoms. The van der Waals surface area contributed by atoms with Gasteiger partial charge in [0.15, 0.2) is 17.0 Å². The van der Waals surface area contributed by atoms with Gasteiger partial charge in [-0.2, -0.15) is 5.10 Å². The Labute approximate surface area is 139 Å². The third-order valence-electron chi connectivity index (χ3n) is 3.62. The minimum Gasteiger partial charge on any atom is -0.493 e. The van der Waals surface area contributed by atoms with E-state index in [0.717, 1.165) is 20.8 Å². The van der Waals surface area contributed by atoms with Crippen LogP contribution in [0.3, 0.4) is 0 Å². The fourth-order valence-electron chi connectivity index (χ4n) is 2.56. The first-order valence-electron chi connectivity index (χ1n) is 6.92. The number of halogens is 1. The van der Waals surface area contributed by atoms with Crippen molar-refractivity contribution in [3.05, 3.63) is 63.6 Å². The van der Waals surface area contributed by atoms with Crippen molar-refractivity contribution in [2.24, 2.45) is 0 Å². The summed E-state index contributed by atoms with van der Waals surface area (Å²) in [7, 11) is 1.54. The van der Waals surface area contributed by atoms with Gasteiger partial charge in [0, 0.05) is 21.4 Å². The summed E-state index contributed by atoms with van der Waals surface area (Å²) in [5.74, 6) is 0.503. The molecule has 0 spiro atoms. The monoisotopic (exact) mass is 370 g/mol. The van der Waals surface area contributed by atoms with Crippen LogP contribution in [-0.2, 0) is 0 Å². The topological polar surface area (TPSA) is 57.3 Å². The largest absolute Gasteiger partial charge is 0.493 e. The molecule has 6 heteroatoms. The van der Waals surface area contributed by atoms with E-state index < -0.39 is 5.63 Å². The van der Waals surface area contributed by atoms with E-state index in [2.05, 4.69) is 21.0 Å². The summed E-state index contributed by atoms with van der Waals surface area (Å²) in [6, 6.07) is 13.1. The minimum atomic E-state index is -0.467. The smallest absolute Gasteiger partial charge is 0.362 e. The van der Waals surface area contributed by atoms with Gasteiger partial charge in [0.05, 0.1) is 12.6 Å². The molecule has 0 fully saturated rings. The van der Waals surface area contributed by atoms with Gasteiger partial charge in [-0.3, -0.25) is 0 Å². The summed E-state index contributed by atoms with van der Waals surface area (Å²) in [6.07, 6.45) is 1.81. The highest BCUT2D eigenvalue weighted by Crippen LogP contribution is 2.30. The van der Waals surface area contributed by atoms with Gasteiger partial charge in [-0.05, 0) is 24.3 Å². The summed E-state index contributed by atoms with van der Waals surface area (Å²) < 4.78 is 13.1. The van der Waals surface area contributed by atoms with Gasteiger partial charge in [0.2, 0.25) is 0 Å². The number of fused-ring (bicyclic) bond motifs is 2. The van der Waals surface area contributed by atoms with Crippen LogP contribution < -0.4 is 10.4 Å². The second-order valence-electron chi connectivity index (χ2n) is 5.08. The lowest BCUT2D eigenvalue weighted by atomic mass is 10.2. The van der Waals surface area contributed by atoms with E-state index in [1.807, 2.05) is 36.5 Å². The second kappa shape index (κ2) is 5.24. The maximum atomic E-state index is 12.4. The van der Waals surface area contributed by atoms with E-state index in [1.54, 1.807) is 16.8 Å². The van der Waals surface area contributed by atoms with Gasteiger partial charge < -0.3 is 9.15 Å². The number of rotatable bonds is 2. The van der Waals surface area contributed by atoms with Crippen LogP contribution in [0.4, 0.5) is 0 Å². The molecule has 2 heterocycles. The lowest BCUT2D eigenvalue weighted by Gasteiger charge is -2.06. The molecule has 5 nitrogen and oxygen atoms in total. The Hall–Kier alpha value is -2.60. The van der Waals surface area contributed by atoms with Gasteiger partial charge in [-0.15, -0.1) is 0 Å². The van der Waals surface area contributed by atoms with E-state index in [0.29, 0.717) is 17.0 Å². The van der Waals surface area contributed by atoms with Crippen LogP contribution in [0.2, 0.25) is 0 Å². The summed E-state index contributed by atoms with van der Waals surface area (Å²) in [5, 5.41) is 6.14. The Balaban J connectivity index is 2.00. The third-order valence-corrected chi connectivity index (χ3v) is 4.08. The number of hydrogen-bond acceptors (Lipinski definition) is 4. The van der Waals surface area contributed by atoms with Gasteiger partial charge in [-0.25, -0.2) is 9.48 Å². The Bertz CT molecular complexity index is 1070. The Morgan fingerprint density at radius 1 is 1.17 bits per heavy atom. The zero-order valence-electron chi connectivity index (χ0n) is 12.1. The second-order valence-corrected chi connectivity index (χ2v) is 5.99. The maximum absolute atomic E-state index is 12.4. The Morgan fingerprint density at radius 2 is 2.00 bits per heavy atom. The van der Waals surface area contributed by atoms with E-state index in [1.165, 1.54) is 7.11 Å². The Morgan fingerprint density at radius 3 is 2.78 bits per heavy atom. The van der Waals surface area contributed by atoms with Gasteiger partial charge in [0.1, 0.15) is 0 Å². The molecular formula is C17H11BrN2O3. The lowest BCUT2D eigenvalue weighted by Crippen LogP contribution is -2.10. The molecule has 0 unspecified atom stereocenters. The standard InChI is InChI=1S/C17H11BrN2O3/c1-22-15-8-12(18)6-11-7-14(17(21)23-16(11)15)20-9-10-4-2-3-5-13(10)19-20/h2-9H,1H3. The van der Waals surface area contributed by atoms with Crippen molar-refractivity contribution in [3.63, 3.8) is 0 Å². The molecule has 0 amide bonds. The molecule has 0 atom stereocenters. The number of ether oxygens (including phenoxy) is 1. The molecule has 114 valence electrons. The lowest BCUT2D eigenvalue weighted by molar-refractivity contribution is 0.406. The quantitative estimate of drug-likeness (QED) is 0.502. The number of methoxy groups -OCH3 is 1. The molecule has 2 aromatic carbocycles. The number of hydrogen-bond donors (Lipinski definition) is 0. The number of benzene rings is 2. The van der Waals surface area contributed by atoms with Gasteiger partial charge in [0.25, 0.3) is 0 Å². The minimum absolute atomic E-state index is 0.355. The van der Waals surface area contributed by atoms with Crippen LogP contribution in [0.5, 0.6) is 5.75 Å². The molecule has 0 radical (unpaired) electrons. The van der Waals surface area contributed by atoms with Crippen molar-refractivity contribution in [3.8, 4) is 11.4 Å². The summed E-state index contributed by atoms with van der Waals surface area (Å²) in [5.41, 5.74) is 1.12. The van der Waals surface area contributed by atoms with E-state index >= 15 is 0 Å². The number of nitrogens with zero attached hydrogens (tertiary/aromatic N) is 2. The fourth-order valence-corrected chi connectivity index (χ4v) is 3.01. The van der Waals surface area contributed by atoms with Crippen molar-refractivity contribution < 1.29 is 9.15 Å². The van der Waals surface area contributed by atoms with Crippen molar-refractivity contribution in [2.75, 3.05) is 7.11 Å². The van der Waals surface area contributed by atoms with Crippen molar-refractivity contribution in [1.29, 1.82) is 0 Å². The zero-order chi connectivity index (χ0) is 16.0. The van der Waals surface area contributed by atoms with Crippen LogP contribution in [0.1, 0.15) is 0 Å². The van der Waals surface area contributed by atoms with Crippen molar-refractivity contribution >= 4 is 37.8 Å². The molecule has 0 saturated heterocycles. The summed E-state index contributed by atoms with van der Waals surface area (Å²) in [4.78, 5) is 12.4. The van der Waals surface area contributed by atoms with Gasteiger partial charge in [-0.1, -0.05) is 34.1 Å². The van der Waals surface area contributed by atoms with Crippen LogP contribution >= 0.6 is 15.9 Å². The van der Waals surface area contributed by atoms with E-state index in [-0.39, 0.29) is 0 Å². The van der Waals surface area contributed by atoms with Crippen LogP contribution in [0.15, 0.2) is 62.3 Å². The van der Waals surface area contributed by atoms with E-state index in [9.17, 15) is 4.79 Å². The van der Waals surface area contributed by atoms with Gasteiger partial charge >= 0.3 is 5.63 Å². The highest BCUT2D eigenvalue weighted by Gasteiger charge is 2.13. The maximum Gasteiger partial charge on any atom is 0.362 e. The molecule has 4 aromatic rings. The van der Waals surface area contributed by atoms with Crippen molar-refractivity contribution in [2.45, 2.75) is 0 Å². The SMILES string of the molecule is COc1cc(Br)cc2cc(-n3cc4ccccc4n3)c(=O)oc12. The molecule has 0 aliphatic carbocycles. The summed E-state index contributed by atoms with van der Waals surface area (Å²) in [6.45, 7) is 0. The predicted octanol–water partition coefficient (Wildman–Crippen LogP) is 3.90. The third kappa shape index (κ3) is 2.31. The van der Waals surface area contributed by atoms with Crippen LogP contribution in [0.25, 0.3) is 27.6 Å². The fraction of sp³-hybridized carbons (Fsp3) is 0.0588. The van der Waals surface area contributed by atoms with E-state index in [4.69, 9.17) is 9.15 Å². The first kappa shape index (κ1) is 14.0. The van der Waals surface area contributed by atoms with Crippen LogP contribution in [-0.4, -0.2) is 16.9 Å². The molecule has 0 aliphatic heterocycles. The van der Waals surface area contributed by atoms with Crippen molar-refractivity contribution in [1.82, 2.24) is 9.78 Å². The predicted molar refractivity (Wildman–Crippen MR) is 91.4 cm³/mol. The highest BCUT2D eigenvalue weighted by atomic mass is 79.9. The molecule has 4 rings (SSSR count). The molecule has 0 saturated carbocycles.